The minimum atomic E-state index is 0.197. The van der Waals surface area contributed by atoms with Gasteiger partial charge < -0.3 is 9.84 Å². The Morgan fingerprint density at radius 2 is 2.07 bits per heavy atom. The zero-order valence-electron chi connectivity index (χ0n) is 8.22. The maximum absolute atomic E-state index is 9.44. The molecule has 0 radical (unpaired) electrons. The van der Waals surface area contributed by atoms with Crippen LogP contribution in [0.15, 0.2) is 41.1 Å². The molecule has 0 fully saturated rings. The van der Waals surface area contributed by atoms with E-state index in [2.05, 4.69) is 16.8 Å². The van der Waals surface area contributed by atoms with Crippen LogP contribution in [-0.4, -0.2) is 11.7 Å². The largest absolute Gasteiger partial charge is 0.504 e. The molecule has 0 aliphatic rings. The Bertz CT molecular complexity index is 409. The first-order valence-electron chi connectivity index (χ1n) is 4.78. The summed E-state index contributed by atoms with van der Waals surface area (Å²) in [7, 11) is 0. The van der Waals surface area contributed by atoms with Gasteiger partial charge in [-0.05, 0) is 34.5 Å². The highest BCUT2D eigenvalue weighted by Gasteiger charge is 2.00. The Labute approximate surface area is 92.8 Å². The SMILES string of the molecule is Oc1ccccc1OCCc1ccsc1. The molecule has 2 rings (SSSR count). The third-order valence-corrected chi connectivity index (χ3v) is 2.83. The molecule has 0 saturated heterocycles. The van der Waals surface area contributed by atoms with E-state index >= 15 is 0 Å². The number of hydrogen-bond donors (Lipinski definition) is 1. The molecule has 15 heavy (non-hydrogen) atoms. The first kappa shape index (κ1) is 10.1. The quantitative estimate of drug-likeness (QED) is 0.858. The fourth-order valence-electron chi connectivity index (χ4n) is 1.29. The van der Waals surface area contributed by atoms with Crippen LogP contribution in [-0.2, 0) is 6.42 Å². The third-order valence-electron chi connectivity index (χ3n) is 2.09. The number of phenols is 1. The first-order chi connectivity index (χ1) is 7.36. The minimum Gasteiger partial charge on any atom is -0.504 e. The van der Waals surface area contributed by atoms with Gasteiger partial charge in [-0.1, -0.05) is 12.1 Å². The molecule has 1 heterocycles. The fraction of sp³-hybridized carbons (Fsp3) is 0.167. The summed E-state index contributed by atoms with van der Waals surface area (Å²) in [5.74, 6) is 0.746. The predicted molar refractivity (Wildman–Crippen MR) is 61.6 cm³/mol. The van der Waals surface area contributed by atoms with E-state index in [-0.39, 0.29) is 5.75 Å². The second kappa shape index (κ2) is 4.84. The summed E-state index contributed by atoms with van der Waals surface area (Å²) in [6.45, 7) is 0.592. The summed E-state index contributed by atoms with van der Waals surface area (Å²) in [6, 6.07) is 9.10. The lowest BCUT2D eigenvalue weighted by Crippen LogP contribution is -2.00. The van der Waals surface area contributed by atoms with E-state index in [1.54, 1.807) is 29.5 Å². The van der Waals surface area contributed by atoms with E-state index in [0.717, 1.165) is 6.42 Å². The summed E-state index contributed by atoms with van der Waals surface area (Å²) in [5, 5.41) is 13.6. The lowest BCUT2D eigenvalue weighted by molar-refractivity contribution is 0.303. The maximum Gasteiger partial charge on any atom is 0.160 e. The van der Waals surface area contributed by atoms with Crippen molar-refractivity contribution < 1.29 is 9.84 Å². The number of benzene rings is 1. The van der Waals surface area contributed by atoms with E-state index in [9.17, 15) is 5.11 Å². The molecule has 0 aliphatic carbocycles. The summed E-state index contributed by atoms with van der Waals surface area (Å²) >= 11 is 1.68. The summed E-state index contributed by atoms with van der Waals surface area (Å²) in [6.07, 6.45) is 0.873. The van der Waals surface area contributed by atoms with E-state index in [4.69, 9.17) is 4.74 Å². The van der Waals surface area contributed by atoms with E-state index in [1.807, 2.05) is 6.07 Å². The van der Waals surface area contributed by atoms with Crippen LogP contribution in [0.3, 0.4) is 0 Å². The van der Waals surface area contributed by atoms with Crippen LogP contribution in [0.5, 0.6) is 11.5 Å². The van der Waals surface area contributed by atoms with Crippen molar-refractivity contribution in [2.24, 2.45) is 0 Å². The van der Waals surface area contributed by atoms with Gasteiger partial charge in [0.25, 0.3) is 0 Å². The molecule has 1 aromatic carbocycles. The number of aromatic hydroxyl groups is 1. The molecule has 0 aliphatic heterocycles. The fourth-order valence-corrected chi connectivity index (χ4v) is 2.00. The molecular formula is C12H12O2S. The normalized spacial score (nSPS) is 10.1. The van der Waals surface area contributed by atoms with Crippen molar-refractivity contribution in [1.82, 2.24) is 0 Å². The lowest BCUT2D eigenvalue weighted by atomic mass is 10.2. The second-order valence-electron chi connectivity index (χ2n) is 3.20. The summed E-state index contributed by atoms with van der Waals surface area (Å²) < 4.78 is 5.46. The highest BCUT2D eigenvalue weighted by molar-refractivity contribution is 7.07. The van der Waals surface area contributed by atoms with Crippen molar-refractivity contribution in [1.29, 1.82) is 0 Å². The van der Waals surface area contributed by atoms with Gasteiger partial charge >= 0.3 is 0 Å². The first-order valence-corrected chi connectivity index (χ1v) is 5.72. The zero-order valence-corrected chi connectivity index (χ0v) is 9.04. The van der Waals surface area contributed by atoms with Gasteiger partial charge in [0.05, 0.1) is 6.61 Å². The molecule has 0 unspecified atom stereocenters. The molecule has 0 bridgehead atoms. The minimum absolute atomic E-state index is 0.197. The molecule has 1 aromatic heterocycles. The molecular weight excluding hydrogens is 208 g/mol. The monoisotopic (exact) mass is 220 g/mol. The Morgan fingerprint density at radius 3 is 2.80 bits per heavy atom. The smallest absolute Gasteiger partial charge is 0.160 e. The van der Waals surface area contributed by atoms with Gasteiger partial charge in [-0.25, -0.2) is 0 Å². The third kappa shape index (κ3) is 2.73. The van der Waals surface area contributed by atoms with Crippen molar-refractivity contribution in [2.75, 3.05) is 6.61 Å². The molecule has 0 amide bonds. The lowest BCUT2D eigenvalue weighted by Gasteiger charge is -2.06. The second-order valence-corrected chi connectivity index (χ2v) is 3.98. The standard InChI is InChI=1S/C12H12O2S/c13-11-3-1-2-4-12(11)14-7-5-10-6-8-15-9-10/h1-4,6,8-9,13H,5,7H2. The van der Waals surface area contributed by atoms with Crippen LogP contribution in [0.1, 0.15) is 5.56 Å². The molecule has 0 atom stereocenters. The van der Waals surface area contributed by atoms with Crippen LogP contribution in [0, 0.1) is 0 Å². The van der Waals surface area contributed by atoms with Crippen LogP contribution in [0.4, 0.5) is 0 Å². The molecule has 0 spiro atoms. The highest BCUT2D eigenvalue weighted by Crippen LogP contribution is 2.24. The van der Waals surface area contributed by atoms with Crippen molar-refractivity contribution in [3.8, 4) is 11.5 Å². The van der Waals surface area contributed by atoms with Crippen LogP contribution < -0.4 is 4.74 Å². The average Bonchev–Trinajstić information content (AvgIpc) is 2.74. The van der Waals surface area contributed by atoms with Crippen molar-refractivity contribution >= 4 is 11.3 Å². The summed E-state index contributed by atoms with van der Waals surface area (Å²) in [5.41, 5.74) is 1.27. The van der Waals surface area contributed by atoms with E-state index in [1.165, 1.54) is 5.56 Å². The number of ether oxygens (including phenoxy) is 1. The zero-order chi connectivity index (χ0) is 10.5. The van der Waals surface area contributed by atoms with E-state index < -0.39 is 0 Å². The number of para-hydroxylation sites is 2. The van der Waals surface area contributed by atoms with Gasteiger partial charge in [0, 0.05) is 6.42 Å². The van der Waals surface area contributed by atoms with Crippen molar-refractivity contribution in [3.63, 3.8) is 0 Å². The van der Waals surface area contributed by atoms with Crippen LogP contribution in [0.2, 0.25) is 0 Å². The van der Waals surface area contributed by atoms with Crippen LogP contribution >= 0.6 is 11.3 Å². The Balaban J connectivity index is 1.86. The Hall–Kier alpha value is -1.48. The van der Waals surface area contributed by atoms with Gasteiger partial charge in [-0.2, -0.15) is 11.3 Å². The predicted octanol–water partition coefficient (Wildman–Crippen LogP) is 3.08. The molecule has 1 N–H and O–H groups in total. The molecule has 3 heteroatoms. The van der Waals surface area contributed by atoms with Gasteiger partial charge in [0.2, 0.25) is 0 Å². The Kier molecular flexibility index (Phi) is 3.25. The molecule has 78 valence electrons. The molecule has 0 saturated carbocycles. The van der Waals surface area contributed by atoms with Gasteiger partial charge in [-0.15, -0.1) is 0 Å². The topological polar surface area (TPSA) is 29.5 Å². The number of hydrogen-bond acceptors (Lipinski definition) is 3. The van der Waals surface area contributed by atoms with Crippen molar-refractivity contribution in [3.05, 3.63) is 46.7 Å². The van der Waals surface area contributed by atoms with Gasteiger partial charge in [0.1, 0.15) is 0 Å². The van der Waals surface area contributed by atoms with Gasteiger partial charge in [-0.3, -0.25) is 0 Å². The summed E-state index contributed by atoms with van der Waals surface area (Å²) in [4.78, 5) is 0. The molecule has 2 nitrogen and oxygen atoms in total. The van der Waals surface area contributed by atoms with Crippen molar-refractivity contribution in [2.45, 2.75) is 6.42 Å². The average molecular weight is 220 g/mol. The maximum atomic E-state index is 9.44. The Morgan fingerprint density at radius 1 is 1.20 bits per heavy atom. The number of rotatable bonds is 4. The van der Waals surface area contributed by atoms with Crippen LogP contribution in [0.25, 0.3) is 0 Å². The number of thiophene rings is 1. The highest BCUT2D eigenvalue weighted by atomic mass is 32.1. The van der Waals surface area contributed by atoms with E-state index in [0.29, 0.717) is 12.4 Å². The van der Waals surface area contributed by atoms with Gasteiger partial charge in [0.15, 0.2) is 11.5 Å². The molecule has 2 aromatic rings. The number of phenolic OH excluding ortho intramolecular Hbond substituents is 1.